The number of carbonyl (C=O) groups excluding carboxylic acids is 3. The Morgan fingerprint density at radius 2 is 1.52 bits per heavy atom. The number of hydrogen-bond acceptors (Lipinski definition) is 5. The Labute approximate surface area is 180 Å². The molecule has 3 aromatic rings. The highest BCUT2D eigenvalue weighted by Gasteiger charge is 2.22. The Morgan fingerprint density at radius 3 is 2.16 bits per heavy atom. The summed E-state index contributed by atoms with van der Waals surface area (Å²) in [5.41, 5.74) is 2.88. The summed E-state index contributed by atoms with van der Waals surface area (Å²) in [5, 5.41) is 12.0. The van der Waals surface area contributed by atoms with Crippen LogP contribution >= 0.6 is 0 Å². The van der Waals surface area contributed by atoms with E-state index in [2.05, 4.69) is 11.4 Å². The number of carbonyl (C=O) groups is 3. The minimum atomic E-state index is -1.06. The Morgan fingerprint density at radius 1 is 0.903 bits per heavy atom. The average Bonchev–Trinajstić information content (AvgIpc) is 2.79. The monoisotopic (exact) mass is 412 g/mol. The summed E-state index contributed by atoms with van der Waals surface area (Å²) in [6.07, 6.45) is -1.06. The van der Waals surface area contributed by atoms with Crippen LogP contribution in [0.1, 0.15) is 40.1 Å². The molecule has 31 heavy (non-hydrogen) atoms. The first-order chi connectivity index (χ1) is 14.9. The van der Waals surface area contributed by atoms with Gasteiger partial charge in [0.2, 0.25) is 0 Å². The molecule has 0 unspecified atom stereocenters. The summed E-state index contributed by atoms with van der Waals surface area (Å²) < 4.78 is 5.38. The van der Waals surface area contributed by atoms with Crippen LogP contribution in [-0.2, 0) is 9.53 Å². The first-order valence-electron chi connectivity index (χ1n) is 9.62. The van der Waals surface area contributed by atoms with E-state index < -0.39 is 18.0 Å². The van der Waals surface area contributed by atoms with Gasteiger partial charge in [0.25, 0.3) is 5.91 Å². The molecule has 0 aliphatic rings. The smallest absolute Gasteiger partial charge is 0.339 e. The number of anilines is 1. The molecule has 1 N–H and O–H groups in total. The molecule has 3 aromatic carbocycles. The van der Waals surface area contributed by atoms with Crippen molar-refractivity contribution in [1.82, 2.24) is 0 Å². The quantitative estimate of drug-likeness (QED) is 0.471. The lowest BCUT2D eigenvalue weighted by molar-refractivity contribution is -0.123. The summed E-state index contributed by atoms with van der Waals surface area (Å²) in [7, 11) is 0. The van der Waals surface area contributed by atoms with Crippen molar-refractivity contribution in [3.8, 4) is 17.2 Å². The van der Waals surface area contributed by atoms with E-state index in [-0.39, 0.29) is 11.3 Å². The minimum Gasteiger partial charge on any atom is -0.449 e. The lowest BCUT2D eigenvalue weighted by Crippen LogP contribution is -2.30. The van der Waals surface area contributed by atoms with Crippen LogP contribution in [0.4, 0.5) is 5.69 Å². The van der Waals surface area contributed by atoms with Gasteiger partial charge in [-0.15, -0.1) is 0 Å². The molecule has 6 heteroatoms. The van der Waals surface area contributed by atoms with Gasteiger partial charge in [-0.25, -0.2) is 4.79 Å². The lowest BCUT2D eigenvalue weighted by Gasteiger charge is -2.15. The number of Topliss-reactive ketones (excluding diaryl/α,β-unsaturated/α-hetero) is 1. The van der Waals surface area contributed by atoms with E-state index >= 15 is 0 Å². The third kappa shape index (κ3) is 5.03. The molecule has 3 rings (SSSR count). The lowest BCUT2D eigenvalue weighted by atomic mass is 9.96. The van der Waals surface area contributed by atoms with Crippen molar-refractivity contribution in [3.63, 3.8) is 0 Å². The summed E-state index contributed by atoms with van der Waals surface area (Å²) in [6.45, 7) is 2.94. The van der Waals surface area contributed by atoms with Crippen molar-refractivity contribution in [1.29, 1.82) is 5.26 Å². The first kappa shape index (κ1) is 21.5. The van der Waals surface area contributed by atoms with Crippen molar-refractivity contribution >= 4 is 23.3 Å². The molecule has 0 radical (unpaired) electrons. The predicted molar refractivity (Wildman–Crippen MR) is 117 cm³/mol. The number of ketones is 1. The van der Waals surface area contributed by atoms with Crippen molar-refractivity contribution < 1.29 is 19.1 Å². The Kier molecular flexibility index (Phi) is 6.58. The maximum absolute atomic E-state index is 12.8. The van der Waals surface area contributed by atoms with Crippen LogP contribution in [0.25, 0.3) is 11.1 Å². The molecule has 0 heterocycles. The summed E-state index contributed by atoms with van der Waals surface area (Å²) in [4.78, 5) is 36.6. The van der Waals surface area contributed by atoms with Gasteiger partial charge >= 0.3 is 5.97 Å². The molecule has 0 spiro atoms. The van der Waals surface area contributed by atoms with Gasteiger partial charge in [-0.05, 0) is 55.8 Å². The topological polar surface area (TPSA) is 96.3 Å². The SMILES string of the molecule is CC(=O)c1ccc(NC(=O)[C@@H](C)OC(=O)c2ccccc2-c2ccccc2C#N)cc1. The van der Waals surface area contributed by atoms with E-state index in [4.69, 9.17) is 4.74 Å². The van der Waals surface area contributed by atoms with Crippen LogP contribution in [0.3, 0.4) is 0 Å². The van der Waals surface area contributed by atoms with E-state index in [0.717, 1.165) is 0 Å². The fourth-order valence-electron chi connectivity index (χ4n) is 3.02. The van der Waals surface area contributed by atoms with Crippen molar-refractivity contribution in [3.05, 3.63) is 89.5 Å². The highest BCUT2D eigenvalue weighted by atomic mass is 16.5. The van der Waals surface area contributed by atoms with Gasteiger partial charge in [0, 0.05) is 16.8 Å². The Bertz CT molecular complexity index is 1180. The van der Waals surface area contributed by atoms with E-state index in [9.17, 15) is 19.6 Å². The fraction of sp³-hybridized carbons (Fsp3) is 0.120. The zero-order chi connectivity index (χ0) is 22.4. The Hall–Kier alpha value is -4.24. The minimum absolute atomic E-state index is 0.0724. The molecular weight excluding hydrogens is 392 g/mol. The maximum atomic E-state index is 12.8. The average molecular weight is 412 g/mol. The molecule has 0 aliphatic heterocycles. The van der Waals surface area contributed by atoms with Gasteiger partial charge in [-0.2, -0.15) is 5.26 Å². The van der Waals surface area contributed by atoms with Crippen LogP contribution < -0.4 is 5.32 Å². The number of ether oxygens (including phenoxy) is 1. The number of hydrogen-bond donors (Lipinski definition) is 1. The molecule has 154 valence electrons. The molecule has 0 aromatic heterocycles. The normalized spacial score (nSPS) is 11.1. The molecule has 0 saturated heterocycles. The van der Waals surface area contributed by atoms with Crippen LogP contribution in [0.15, 0.2) is 72.8 Å². The molecule has 1 amide bonds. The molecule has 1 atom stereocenters. The second-order valence-corrected chi connectivity index (χ2v) is 6.87. The molecule has 0 saturated carbocycles. The largest absolute Gasteiger partial charge is 0.449 e. The third-order valence-electron chi connectivity index (χ3n) is 4.70. The van der Waals surface area contributed by atoms with Gasteiger partial charge in [-0.3, -0.25) is 9.59 Å². The van der Waals surface area contributed by atoms with Gasteiger partial charge in [0.1, 0.15) is 0 Å². The van der Waals surface area contributed by atoms with Crippen LogP contribution in [-0.4, -0.2) is 23.8 Å². The zero-order valence-electron chi connectivity index (χ0n) is 17.1. The molecule has 0 fully saturated rings. The van der Waals surface area contributed by atoms with Crippen molar-refractivity contribution in [2.24, 2.45) is 0 Å². The number of nitrogens with one attached hydrogen (secondary N) is 1. The van der Waals surface area contributed by atoms with Crippen LogP contribution in [0.5, 0.6) is 0 Å². The van der Waals surface area contributed by atoms with E-state index in [1.807, 2.05) is 0 Å². The van der Waals surface area contributed by atoms with Gasteiger partial charge < -0.3 is 10.1 Å². The van der Waals surface area contributed by atoms with Gasteiger partial charge in [0.15, 0.2) is 11.9 Å². The molecule has 6 nitrogen and oxygen atoms in total. The highest BCUT2D eigenvalue weighted by molar-refractivity contribution is 6.01. The zero-order valence-corrected chi connectivity index (χ0v) is 17.1. The van der Waals surface area contributed by atoms with Crippen molar-refractivity contribution in [2.45, 2.75) is 20.0 Å². The van der Waals surface area contributed by atoms with E-state index in [1.165, 1.54) is 13.8 Å². The van der Waals surface area contributed by atoms with E-state index in [1.54, 1.807) is 72.8 Å². The first-order valence-corrected chi connectivity index (χ1v) is 9.62. The third-order valence-corrected chi connectivity index (χ3v) is 4.70. The number of esters is 1. The van der Waals surface area contributed by atoms with Crippen LogP contribution in [0, 0.1) is 11.3 Å². The standard InChI is InChI=1S/C25H20N2O4/c1-16(28)18-11-13-20(14-12-18)27-24(29)17(2)31-25(30)23-10-6-5-9-22(23)21-8-4-3-7-19(21)15-26/h3-14,17H,1-2H3,(H,27,29)/t17-/m1/s1. The van der Waals surface area contributed by atoms with Crippen molar-refractivity contribution in [2.75, 3.05) is 5.32 Å². The number of nitrogens with zero attached hydrogens (tertiary/aromatic N) is 1. The molecule has 0 bridgehead atoms. The van der Waals surface area contributed by atoms with Gasteiger partial charge in [0.05, 0.1) is 17.2 Å². The van der Waals surface area contributed by atoms with Crippen LogP contribution in [0.2, 0.25) is 0 Å². The van der Waals surface area contributed by atoms with Gasteiger partial charge in [-0.1, -0.05) is 36.4 Å². The maximum Gasteiger partial charge on any atom is 0.339 e. The molecule has 0 aliphatic carbocycles. The molecular formula is C25H20N2O4. The highest BCUT2D eigenvalue weighted by Crippen LogP contribution is 2.27. The number of nitriles is 1. The number of rotatable bonds is 6. The second kappa shape index (κ2) is 9.51. The Balaban J connectivity index is 1.75. The van der Waals surface area contributed by atoms with E-state index in [0.29, 0.717) is 27.9 Å². The summed E-state index contributed by atoms with van der Waals surface area (Å²) in [6, 6.07) is 22.3. The predicted octanol–water partition coefficient (Wildman–Crippen LogP) is 4.61. The summed E-state index contributed by atoms with van der Waals surface area (Å²) >= 11 is 0. The fourth-order valence-corrected chi connectivity index (χ4v) is 3.02. The summed E-state index contributed by atoms with van der Waals surface area (Å²) in [5.74, 6) is -1.24. The number of amides is 1. The second-order valence-electron chi connectivity index (χ2n) is 6.87. The number of benzene rings is 3.